The molecule has 1 amide bonds. The lowest BCUT2D eigenvalue weighted by atomic mass is 10.2. The summed E-state index contributed by atoms with van der Waals surface area (Å²) in [4.78, 5) is 13.7. The standard InChI is InChI=1S/C7H11NO/c1-3-4-5-6-7(9)8-2/h3H,1-2,4-6H2. The fourth-order valence-electron chi connectivity index (χ4n) is 0.477. The van der Waals surface area contributed by atoms with Crippen LogP contribution in [0.15, 0.2) is 17.6 Å². The first-order valence-corrected chi connectivity index (χ1v) is 2.91. The SMILES string of the molecule is C=CCCCC(=O)N=C. The van der Waals surface area contributed by atoms with Gasteiger partial charge < -0.3 is 0 Å². The maximum Gasteiger partial charge on any atom is 0.245 e. The highest BCUT2D eigenvalue weighted by molar-refractivity contribution is 5.80. The highest BCUT2D eigenvalue weighted by atomic mass is 16.1. The van der Waals surface area contributed by atoms with Crippen LogP contribution in [0.1, 0.15) is 19.3 Å². The number of carbonyl (C=O) groups excluding carboxylic acids is 1. The zero-order valence-corrected chi connectivity index (χ0v) is 5.47. The molecule has 0 rings (SSSR count). The van der Waals surface area contributed by atoms with Crippen LogP contribution in [0, 0.1) is 0 Å². The second kappa shape index (κ2) is 5.22. The number of amides is 1. The van der Waals surface area contributed by atoms with Crippen LogP contribution in [0.3, 0.4) is 0 Å². The molecule has 0 N–H and O–H groups in total. The van der Waals surface area contributed by atoms with E-state index in [1.54, 1.807) is 6.08 Å². The van der Waals surface area contributed by atoms with E-state index >= 15 is 0 Å². The molecule has 50 valence electrons. The summed E-state index contributed by atoms with van der Waals surface area (Å²) in [7, 11) is 0. The minimum absolute atomic E-state index is 0.128. The number of nitrogens with zero attached hydrogens (tertiary/aromatic N) is 1. The van der Waals surface area contributed by atoms with Gasteiger partial charge in [0.15, 0.2) is 0 Å². The summed E-state index contributed by atoms with van der Waals surface area (Å²) >= 11 is 0. The van der Waals surface area contributed by atoms with Crippen LogP contribution in [0.2, 0.25) is 0 Å². The second-order valence-corrected chi connectivity index (χ2v) is 1.73. The Morgan fingerprint density at radius 2 is 2.33 bits per heavy atom. The lowest BCUT2D eigenvalue weighted by Crippen LogP contribution is -1.89. The normalized spacial score (nSPS) is 8.44. The van der Waals surface area contributed by atoms with Crippen molar-refractivity contribution < 1.29 is 4.79 Å². The number of unbranched alkanes of at least 4 members (excludes halogenated alkanes) is 1. The van der Waals surface area contributed by atoms with Crippen molar-refractivity contribution in [3.05, 3.63) is 12.7 Å². The molecular formula is C7H11NO. The van der Waals surface area contributed by atoms with E-state index in [0.717, 1.165) is 12.8 Å². The highest BCUT2D eigenvalue weighted by Gasteiger charge is 1.92. The monoisotopic (exact) mass is 125 g/mol. The first-order chi connectivity index (χ1) is 4.31. The van der Waals surface area contributed by atoms with Crippen LogP contribution in [0.5, 0.6) is 0 Å². The van der Waals surface area contributed by atoms with E-state index in [-0.39, 0.29) is 5.91 Å². The lowest BCUT2D eigenvalue weighted by Gasteiger charge is -1.88. The van der Waals surface area contributed by atoms with Crippen molar-refractivity contribution in [2.45, 2.75) is 19.3 Å². The van der Waals surface area contributed by atoms with Crippen molar-refractivity contribution in [2.75, 3.05) is 0 Å². The van der Waals surface area contributed by atoms with Crippen molar-refractivity contribution in [3.63, 3.8) is 0 Å². The largest absolute Gasteiger partial charge is 0.273 e. The van der Waals surface area contributed by atoms with Gasteiger partial charge in [-0.1, -0.05) is 6.08 Å². The summed E-state index contributed by atoms with van der Waals surface area (Å²) in [5.74, 6) is -0.128. The fourth-order valence-corrected chi connectivity index (χ4v) is 0.477. The average molecular weight is 125 g/mol. The number of allylic oxidation sites excluding steroid dienone is 1. The molecular weight excluding hydrogens is 114 g/mol. The highest BCUT2D eigenvalue weighted by Crippen LogP contribution is 1.96. The minimum atomic E-state index is -0.128. The average Bonchev–Trinajstić information content (AvgIpc) is 1.89. The van der Waals surface area contributed by atoms with E-state index in [1.807, 2.05) is 0 Å². The molecule has 0 saturated carbocycles. The zero-order chi connectivity index (χ0) is 7.11. The van der Waals surface area contributed by atoms with Gasteiger partial charge in [-0.05, 0) is 19.6 Å². The predicted molar refractivity (Wildman–Crippen MR) is 38.6 cm³/mol. The molecule has 0 aromatic rings. The molecule has 0 fully saturated rings. The van der Waals surface area contributed by atoms with Crippen molar-refractivity contribution in [1.82, 2.24) is 0 Å². The zero-order valence-electron chi connectivity index (χ0n) is 5.47. The van der Waals surface area contributed by atoms with Crippen LogP contribution in [0.25, 0.3) is 0 Å². The Morgan fingerprint density at radius 1 is 1.67 bits per heavy atom. The molecule has 2 heteroatoms. The summed E-state index contributed by atoms with van der Waals surface area (Å²) in [5.41, 5.74) is 0. The molecule has 0 spiro atoms. The molecule has 0 heterocycles. The quantitative estimate of drug-likeness (QED) is 0.318. The Bertz CT molecular complexity index is 118. The molecule has 9 heavy (non-hydrogen) atoms. The van der Waals surface area contributed by atoms with Crippen molar-refractivity contribution in [3.8, 4) is 0 Å². The maximum absolute atomic E-state index is 10.4. The van der Waals surface area contributed by atoms with Gasteiger partial charge in [0.2, 0.25) is 5.91 Å². The molecule has 0 bridgehead atoms. The molecule has 0 atom stereocenters. The number of hydrogen-bond acceptors (Lipinski definition) is 1. The van der Waals surface area contributed by atoms with E-state index < -0.39 is 0 Å². The Kier molecular flexibility index (Phi) is 4.69. The third-order valence-corrected chi connectivity index (χ3v) is 0.975. The van der Waals surface area contributed by atoms with E-state index in [1.165, 1.54) is 0 Å². The smallest absolute Gasteiger partial charge is 0.245 e. The van der Waals surface area contributed by atoms with Gasteiger partial charge in [-0.3, -0.25) is 4.79 Å². The number of carbonyl (C=O) groups is 1. The summed E-state index contributed by atoms with van der Waals surface area (Å²) < 4.78 is 0. The molecule has 0 aliphatic carbocycles. The van der Waals surface area contributed by atoms with Crippen LogP contribution in [-0.4, -0.2) is 12.6 Å². The van der Waals surface area contributed by atoms with Gasteiger partial charge in [-0.2, -0.15) is 0 Å². The molecule has 0 radical (unpaired) electrons. The molecule has 0 saturated heterocycles. The molecule has 0 aromatic heterocycles. The Labute approximate surface area is 55.3 Å². The van der Waals surface area contributed by atoms with E-state index in [0.29, 0.717) is 6.42 Å². The molecule has 0 aliphatic heterocycles. The Morgan fingerprint density at radius 3 is 2.78 bits per heavy atom. The van der Waals surface area contributed by atoms with Gasteiger partial charge in [0, 0.05) is 6.42 Å². The number of rotatable bonds is 4. The third-order valence-electron chi connectivity index (χ3n) is 0.975. The van der Waals surface area contributed by atoms with Gasteiger partial charge in [-0.25, -0.2) is 4.99 Å². The second-order valence-electron chi connectivity index (χ2n) is 1.73. The summed E-state index contributed by atoms with van der Waals surface area (Å²) in [5, 5.41) is 0. The van der Waals surface area contributed by atoms with E-state index in [4.69, 9.17) is 0 Å². The van der Waals surface area contributed by atoms with E-state index in [2.05, 4.69) is 18.3 Å². The summed E-state index contributed by atoms with van der Waals surface area (Å²) in [6.07, 6.45) is 3.99. The maximum atomic E-state index is 10.4. The van der Waals surface area contributed by atoms with Crippen molar-refractivity contribution in [2.24, 2.45) is 4.99 Å². The first-order valence-electron chi connectivity index (χ1n) is 2.91. The minimum Gasteiger partial charge on any atom is -0.273 e. The number of hydrogen-bond donors (Lipinski definition) is 0. The van der Waals surface area contributed by atoms with Gasteiger partial charge in [0.05, 0.1) is 0 Å². The Balaban J connectivity index is 3.16. The molecule has 2 nitrogen and oxygen atoms in total. The molecule has 0 aromatic carbocycles. The van der Waals surface area contributed by atoms with Gasteiger partial charge >= 0.3 is 0 Å². The summed E-state index contributed by atoms with van der Waals surface area (Å²) in [6.45, 7) is 6.64. The van der Waals surface area contributed by atoms with Crippen LogP contribution >= 0.6 is 0 Å². The third kappa shape index (κ3) is 4.94. The predicted octanol–water partition coefficient (Wildman–Crippen LogP) is 1.57. The van der Waals surface area contributed by atoms with E-state index in [9.17, 15) is 4.79 Å². The van der Waals surface area contributed by atoms with Gasteiger partial charge in [0.25, 0.3) is 0 Å². The number of aliphatic imine (C=N–C) groups is 1. The van der Waals surface area contributed by atoms with Gasteiger partial charge in [-0.15, -0.1) is 6.58 Å². The molecule has 0 unspecified atom stereocenters. The van der Waals surface area contributed by atoms with Gasteiger partial charge in [0.1, 0.15) is 0 Å². The van der Waals surface area contributed by atoms with Crippen LogP contribution in [0.4, 0.5) is 0 Å². The topological polar surface area (TPSA) is 29.4 Å². The lowest BCUT2D eigenvalue weighted by molar-refractivity contribution is -0.117. The fraction of sp³-hybridized carbons (Fsp3) is 0.429. The van der Waals surface area contributed by atoms with Crippen molar-refractivity contribution in [1.29, 1.82) is 0 Å². The van der Waals surface area contributed by atoms with Crippen LogP contribution in [-0.2, 0) is 4.79 Å². The Hall–Kier alpha value is -0.920. The van der Waals surface area contributed by atoms with Crippen LogP contribution < -0.4 is 0 Å². The first kappa shape index (κ1) is 8.08. The molecule has 0 aliphatic rings. The summed E-state index contributed by atoms with van der Waals surface area (Å²) in [6, 6.07) is 0. The van der Waals surface area contributed by atoms with Crippen molar-refractivity contribution >= 4 is 12.6 Å².